The average molecular weight is 284 g/mol. The predicted octanol–water partition coefficient (Wildman–Crippen LogP) is 3.16. The molecule has 0 heterocycles. The number of ketones is 1. The Hall–Kier alpha value is -2.62. The molecule has 21 heavy (non-hydrogen) atoms. The first-order chi connectivity index (χ1) is 10.2. The monoisotopic (exact) mass is 284 g/mol. The molecule has 0 aromatic heterocycles. The van der Waals surface area contributed by atoms with Crippen molar-refractivity contribution in [3.05, 3.63) is 59.7 Å². The van der Waals surface area contributed by atoms with Crippen LogP contribution >= 0.6 is 0 Å². The molecule has 108 valence electrons. The van der Waals surface area contributed by atoms with E-state index in [1.807, 2.05) is 6.07 Å². The molecule has 0 bridgehead atoms. The maximum absolute atomic E-state index is 11.4. The Bertz CT molecular complexity index is 634. The van der Waals surface area contributed by atoms with Crippen molar-refractivity contribution in [3.63, 3.8) is 0 Å². The number of benzene rings is 2. The lowest BCUT2D eigenvalue weighted by Crippen LogP contribution is -2.10. The van der Waals surface area contributed by atoms with Gasteiger partial charge in [0.15, 0.2) is 5.78 Å². The van der Waals surface area contributed by atoms with Crippen LogP contribution in [0.5, 0.6) is 11.5 Å². The number of para-hydroxylation sites is 1. The van der Waals surface area contributed by atoms with Crippen LogP contribution in [-0.2, 0) is 0 Å². The molecule has 0 saturated carbocycles. The highest BCUT2D eigenvalue weighted by atomic mass is 16.5. The molecule has 4 nitrogen and oxygen atoms in total. The van der Waals surface area contributed by atoms with Gasteiger partial charge in [0, 0.05) is 5.56 Å². The van der Waals surface area contributed by atoms with Crippen LogP contribution in [0.3, 0.4) is 0 Å². The topological polar surface area (TPSA) is 52.6 Å². The summed E-state index contributed by atoms with van der Waals surface area (Å²) < 4.78 is 11.1. The molecular formula is C17H16O4. The molecule has 4 heteroatoms. The fourth-order valence-corrected chi connectivity index (χ4v) is 1.87. The van der Waals surface area contributed by atoms with Crippen LogP contribution in [0.2, 0.25) is 0 Å². The summed E-state index contributed by atoms with van der Waals surface area (Å²) >= 11 is 0. The number of hydrogen-bond donors (Lipinski definition) is 0. The van der Waals surface area contributed by atoms with E-state index in [1.165, 1.54) is 6.92 Å². The van der Waals surface area contributed by atoms with Crippen molar-refractivity contribution in [1.29, 1.82) is 0 Å². The van der Waals surface area contributed by atoms with Crippen LogP contribution in [0.1, 0.15) is 27.6 Å². The molecule has 0 N–H and O–H groups in total. The molecule has 0 saturated heterocycles. The van der Waals surface area contributed by atoms with E-state index in [0.717, 1.165) is 6.29 Å². The smallest absolute Gasteiger partial charge is 0.163 e. The molecular weight excluding hydrogens is 268 g/mol. The van der Waals surface area contributed by atoms with Gasteiger partial charge in [-0.2, -0.15) is 0 Å². The van der Waals surface area contributed by atoms with E-state index < -0.39 is 0 Å². The van der Waals surface area contributed by atoms with Crippen molar-refractivity contribution < 1.29 is 19.1 Å². The summed E-state index contributed by atoms with van der Waals surface area (Å²) in [6.07, 6.45) is 0.770. The molecule has 0 atom stereocenters. The summed E-state index contributed by atoms with van der Waals surface area (Å²) in [7, 11) is 0. The molecule has 2 aromatic rings. The molecule has 2 rings (SSSR count). The van der Waals surface area contributed by atoms with Gasteiger partial charge in [-0.05, 0) is 31.2 Å². The minimum absolute atomic E-state index is 0.0368. The lowest BCUT2D eigenvalue weighted by Gasteiger charge is -2.10. The molecule has 0 spiro atoms. The minimum atomic E-state index is -0.0368. The zero-order valence-corrected chi connectivity index (χ0v) is 11.7. The van der Waals surface area contributed by atoms with Gasteiger partial charge in [-0.25, -0.2) is 0 Å². The largest absolute Gasteiger partial charge is 0.490 e. The van der Waals surface area contributed by atoms with Crippen LogP contribution < -0.4 is 9.47 Å². The molecule has 0 amide bonds. The molecule has 2 aromatic carbocycles. The van der Waals surface area contributed by atoms with Gasteiger partial charge in [0.05, 0.1) is 5.56 Å². The zero-order valence-electron chi connectivity index (χ0n) is 11.7. The molecule has 0 aliphatic rings. The lowest BCUT2D eigenvalue weighted by atomic mass is 10.1. The fraction of sp³-hybridized carbons (Fsp3) is 0.176. The SMILES string of the molecule is CC(=O)c1ccccc1OCCOc1cccc(C=O)c1. The normalized spacial score (nSPS) is 9.95. The third kappa shape index (κ3) is 4.18. The van der Waals surface area contributed by atoms with Gasteiger partial charge in [0.2, 0.25) is 0 Å². The van der Waals surface area contributed by atoms with Gasteiger partial charge in [-0.3, -0.25) is 9.59 Å². The number of carbonyl (C=O) groups is 2. The molecule has 0 aliphatic carbocycles. The third-order valence-electron chi connectivity index (χ3n) is 2.87. The van der Waals surface area contributed by atoms with Crippen LogP contribution in [0, 0.1) is 0 Å². The summed E-state index contributed by atoms with van der Waals surface area (Å²) in [5, 5.41) is 0. The predicted molar refractivity (Wildman–Crippen MR) is 79.3 cm³/mol. The Morgan fingerprint density at radius 1 is 1.05 bits per heavy atom. The van der Waals surface area contributed by atoms with Crippen molar-refractivity contribution in [2.45, 2.75) is 6.92 Å². The second-order valence-corrected chi connectivity index (χ2v) is 4.44. The molecule has 0 fully saturated rings. The van der Waals surface area contributed by atoms with Crippen molar-refractivity contribution in [2.24, 2.45) is 0 Å². The Balaban J connectivity index is 1.87. The highest BCUT2D eigenvalue weighted by molar-refractivity contribution is 5.96. The summed E-state index contributed by atoms with van der Waals surface area (Å²) in [5.41, 5.74) is 1.12. The van der Waals surface area contributed by atoms with Crippen molar-refractivity contribution in [1.82, 2.24) is 0 Å². The molecule has 0 aliphatic heterocycles. The van der Waals surface area contributed by atoms with Crippen LogP contribution in [0.4, 0.5) is 0 Å². The quantitative estimate of drug-likeness (QED) is 0.445. The van der Waals surface area contributed by atoms with Crippen molar-refractivity contribution >= 4 is 12.1 Å². The number of Topliss-reactive ketones (excluding diaryl/α,β-unsaturated/α-hetero) is 1. The summed E-state index contributed by atoms with van der Waals surface area (Å²) in [6.45, 7) is 2.15. The second kappa shape index (κ2) is 7.24. The fourth-order valence-electron chi connectivity index (χ4n) is 1.87. The summed E-state index contributed by atoms with van der Waals surface area (Å²) in [4.78, 5) is 22.1. The van der Waals surface area contributed by atoms with E-state index in [-0.39, 0.29) is 5.78 Å². The Morgan fingerprint density at radius 2 is 1.81 bits per heavy atom. The summed E-state index contributed by atoms with van der Waals surface area (Å²) in [5.74, 6) is 1.13. The van der Waals surface area contributed by atoms with Gasteiger partial charge in [-0.1, -0.05) is 24.3 Å². The van der Waals surface area contributed by atoms with Gasteiger partial charge >= 0.3 is 0 Å². The van der Waals surface area contributed by atoms with Crippen LogP contribution in [0.25, 0.3) is 0 Å². The Labute approximate surface area is 123 Å². The molecule has 0 radical (unpaired) electrons. The van der Waals surface area contributed by atoms with Crippen molar-refractivity contribution in [2.75, 3.05) is 13.2 Å². The third-order valence-corrected chi connectivity index (χ3v) is 2.87. The van der Waals surface area contributed by atoms with Gasteiger partial charge in [-0.15, -0.1) is 0 Å². The first-order valence-electron chi connectivity index (χ1n) is 6.61. The maximum atomic E-state index is 11.4. The first-order valence-corrected chi connectivity index (χ1v) is 6.61. The standard InChI is InChI=1S/C17H16O4/c1-13(19)16-7-2-3-8-17(16)21-10-9-20-15-6-4-5-14(11-15)12-18/h2-8,11-12H,9-10H2,1H3. The summed E-state index contributed by atoms with van der Waals surface area (Å²) in [6, 6.07) is 14.0. The van der Waals surface area contributed by atoms with Gasteiger partial charge in [0.25, 0.3) is 0 Å². The lowest BCUT2D eigenvalue weighted by molar-refractivity contribution is 0.101. The number of hydrogen-bond acceptors (Lipinski definition) is 4. The van der Waals surface area contributed by atoms with Gasteiger partial charge in [0.1, 0.15) is 31.0 Å². The molecule has 0 unspecified atom stereocenters. The van der Waals surface area contributed by atoms with Crippen LogP contribution in [-0.4, -0.2) is 25.3 Å². The number of aldehydes is 1. The van der Waals surface area contributed by atoms with Crippen molar-refractivity contribution in [3.8, 4) is 11.5 Å². The van der Waals surface area contributed by atoms with E-state index >= 15 is 0 Å². The van der Waals surface area contributed by atoms with Crippen LogP contribution in [0.15, 0.2) is 48.5 Å². The average Bonchev–Trinajstić information content (AvgIpc) is 2.52. The van der Waals surface area contributed by atoms with E-state index in [2.05, 4.69) is 0 Å². The van der Waals surface area contributed by atoms with E-state index in [9.17, 15) is 9.59 Å². The maximum Gasteiger partial charge on any atom is 0.163 e. The van der Waals surface area contributed by atoms with E-state index in [1.54, 1.807) is 42.5 Å². The second-order valence-electron chi connectivity index (χ2n) is 4.44. The minimum Gasteiger partial charge on any atom is -0.490 e. The van der Waals surface area contributed by atoms with E-state index in [4.69, 9.17) is 9.47 Å². The van der Waals surface area contributed by atoms with Gasteiger partial charge < -0.3 is 9.47 Å². The number of rotatable bonds is 7. The number of carbonyl (C=O) groups excluding carboxylic acids is 2. The number of ether oxygens (including phenoxy) is 2. The first kappa shape index (κ1) is 14.8. The van der Waals surface area contributed by atoms with E-state index in [0.29, 0.717) is 35.8 Å². The zero-order chi connectivity index (χ0) is 15.1. The Kier molecular flexibility index (Phi) is 5.10. The highest BCUT2D eigenvalue weighted by Crippen LogP contribution is 2.18. The Morgan fingerprint density at radius 3 is 2.57 bits per heavy atom. The highest BCUT2D eigenvalue weighted by Gasteiger charge is 2.07.